The molecule has 0 fully saturated rings. The molecule has 2 aromatic rings. The predicted molar refractivity (Wildman–Crippen MR) is 64.4 cm³/mol. The van der Waals surface area contributed by atoms with E-state index in [2.05, 4.69) is 9.84 Å². The fraction of sp³-hybridized carbons (Fsp3) is 0.250. The number of nitrogens with two attached hydrogens (primary N) is 1. The first-order valence-corrected chi connectivity index (χ1v) is 5.47. The van der Waals surface area contributed by atoms with Crippen LogP contribution in [0.1, 0.15) is 6.92 Å². The lowest BCUT2D eigenvalue weighted by Crippen LogP contribution is -2.04. The van der Waals surface area contributed by atoms with E-state index in [0.717, 1.165) is 17.7 Å². The molecule has 0 bridgehead atoms. The number of hydrogen-bond donors (Lipinski definition) is 1. The summed E-state index contributed by atoms with van der Waals surface area (Å²) in [4.78, 5) is 0. The molecule has 2 rings (SSSR count). The number of aryl methyl sites for hydroxylation is 1. The number of nitrogens with zero attached hydrogens (tertiary/aromatic N) is 2. The Bertz CT molecular complexity index is 540. The smallest absolute Gasteiger partial charge is 0.387 e. The van der Waals surface area contributed by atoms with Crippen LogP contribution in [0.2, 0.25) is 0 Å². The monoisotopic (exact) mass is 253 g/mol. The number of benzene rings is 1. The standard InChI is InChI=1S/C12H13F2N3O/c1-2-17-7-9(6-16-17)8-3-4-10(15)11(5-8)18-12(13)14/h3-7,12H,2,15H2,1H3. The second kappa shape index (κ2) is 5.03. The van der Waals surface area contributed by atoms with Gasteiger partial charge in [-0.05, 0) is 24.6 Å². The molecule has 0 aliphatic heterocycles. The summed E-state index contributed by atoms with van der Waals surface area (Å²) >= 11 is 0. The Kier molecular flexibility index (Phi) is 3.45. The number of ether oxygens (including phenoxy) is 1. The van der Waals surface area contributed by atoms with Crippen molar-refractivity contribution in [1.82, 2.24) is 9.78 Å². The summed E-state index contributed by atoms with van der Waals surface area (Å²) in [6.07, 6.45) is 3.50. The zero-order valence-corrected chi connectivity index (χ0v) is 9.81. The van der Waals surface area contributed by atoms with Crippen LogP contribution in [0.15, 0.2) is 30.6 Å². The van der Waals surface area contributed by atoms with E-state index in [1.165, 1.54) is 12.1 Å². The molecule has 6 heteroatoms. The van der Waals surface area contributed by atoms with Crippen LogP contribution in [0.25, 0.3) is 11.1 Å². The molecular weight excluding hydrogens is 240 g/mol. The lowest BCUT2D eigenvalue weighted by atomic mass is 10.1. The van der Waals surface area contributed by atoms with Gasteiger partial charge in [-0.15, -0.1) is 0 Å². The Morgan fingerprint density at radius 2 is 2.17 bits per heavy atom. The average Bonchev–Trinajstić information content (AvgIpc) is 2.80. The van der Waals surface area contributed by atoms with Gasteiger partial charge in [-0.1, -0.05) is 6.07 Å². The van der Waals surface area contributed by atoms with Crippen LogP contribution in [0.3, 0.4) is 0 Å². The third-order valence-corrected chi connectivity index (χ3v) is 2.52. The summed E-state index contributed by atoms with van der Waals surface area (Å²) in [5.41, 5.74) is 7.32. The SMILES string of the molecule is CCn1cc(-c2ccc(N)c(OC(F)F)c2)cn1. The van der Waals surface area contributed by atoms with Gasteiger partial charge in [-0.25, -0.2) is 0 Å². The summed E-state index contributed by atoms with van der Waals surface area (Å²) in [7, 11) is 0. The highest BCUT2D eigenvalue weighted by Crippen LogP contribution is 2.29. The maximum atomic E-state index is 12.2. The molecule has 0 aliphatic rings. The van der Waals surface area contributed by atoms with Gasteiger partial charge in [0.15, 0.2) is 0 Å². The van der Waals surface area contributed by atoms with Crippen molar-refractivity contribution in [3.63, 3.8) is 0 Å². The van der Waals surface area contributed by atoms with Crippen molar-refractivity contribution in [3.05, 3.63) is 30.6 Å². The van der Waals surface area contributed by atoms with Crippen molar-refractivity contribution in [2.24, 2.45) is 0 Å². The van der Waals surface area contributed by atoms with E-state index in [-0.39, 0.29) is 11.4 Å². The van der Waals surface area contributed by atoms with Gasteiger partial charge in [-0.2, -0.15) is 13.9 Å². The molecule has 1 aromatic carbocycles. The Morgan fingerprint density at radius 3 is 2.78 bits per heavy atom. The zero-order chi connectivity index (χ0) is 13.1. The number of hydrogen-bond acceptors (Lipinski definition) is 3. The minimum atomic E-state index is -2.89. The largest absolute Gasteiger partial charge is 0.433 e. The van der Waals surface area contributed by atoms with Crippen molar-refractivity contribution in [3.8, 4) is 16.9 Å². The molecule has 1 heterocycles. The highest BCUT2D eigenvalue weighted by Gasteiger charge is 2.10. The molecular formula is C12H13F2N3O. The van der Waals surface area contributed by atoms with Gasteiger partial charge in [-0.3, -0.25) is 4.68 Å². The number of rotatable bonds is 4. The highest BCUT2D eigenvalue weighted by atomic mass is 19.3. The Hall–Kier alpha value is -2.11. The van der Waals surface area contributed by atoms with Crippen LogP contribution in [0, 0.1) is 0 Å². The van der Waals surface area contributed by atoms with Crippen molar-refractivity contribution in [2.75, 3.05) is 5.73 Å². The van der Waals surface area contributed by atoms with E-state index >= 15 is 0 Å². The highest BCUT2D eigenvalue weighted by molar-refractivity contribution is 5.68. The van der Waals surface area contributed by atoms with Crippen molar-refractivity contribution in [2.45, 2.75) is 20.1 Å². The molecule has 0 saturated heterocycles. The van der Waals surface area contributed by atoms with Crippen molar-refractivity contribution >= 4 is 5.69 Å². The lowest BCUT2D eigenvalue weighted by Gasteiger charge is -2.08. The number of aromatic nitrogens is 2. The molecule has 0 atom stereocenters. The molecule has 0 amide bonds. The topological polar surface area (TPSA) is 53.1 Å². The van der Waals surface area contributed by atoms with Crippen LogP contribution in [-0.4, -0.2) is 16.4 Å². The van der Waals surface area contributed by atoms with Crippen LogP contribution in [0.4, 0.5) is 14.5 Å². The first-order chi connectivity index (χ1) is 8.60. The zero-order valence-electron chi connectivity index (χ0n) is 9.81. The molecule has 0 unspecified atom stereocenters. The molecule has 96 valence electrons. The third kappa shape index (κ3) is 2.58. The van der Waals surface area contributed by atoms with E-state index in [9.17, 15) is 8.78 Å². The summed E-state index contributed by atoms with van der Waals surface area (Å²) in [6.45, 7) is -0.179. The minimum absolute atomic E-state index is 0.0215. The summed E-state index contributed by atoms with van der Waals surface area (Å²) in [6, 6.07) is 4.76. The van der Waals surface area contributed by atoms with Gasteiger partial charge in [0.25, 0.3) is 0 Å². The van der Waals surface area contributed by atoms with E-state index in [1.54, 1.807) is 16.9 Å². The minimum Gasteiger partial charge on any atom is -0.433 e. The molecule has 0 spiro atoms. The Balaban J connectivity index is 2.33. The summed E-state index contributed by atoms with van der Waals surface area (Å²) < 4.78 is 30.5. The number of halogens is 2. The van der Waals surface area contributed by atoms with Crippen LogP contribution in [0.5, 0.6) is 5.75 Å². The second-order valence-electron chi connectivity index (χ2n) is 3.72. The second-order valence-corrected chi connectivity index (χ2v) is 3.72. The average molecular weight is 253 g/mol. The van der Waals surface area contributed by atoms with Gasteiger partial charge in [0.2, 0.25) is 0 Å². The maximum Gasteiger partial charge on any atom is 0.387 e. The van der Waals surface area contributed by atoms with Gasteiger partial charge in [0, 0.05) is 18.3 Å². The van der Waals surface area contributed by atoms with Crippen LogP contribution >= 0.6 is 0 Å². The molecule has 18 heavy (non-hydrogen) atoms. The molecule has 0 saturated carbocycles. The first-order valence-electron chi connectivity index (χ1n) is 5.47. The Morgan fingerprint density at radius 1 is 1.39 bits per heavy atom. The summed E-state index contributed by atoms with van der Waals surface area (Å²) in [5, 5.41) is 4.12. The maximum absolute atomic E-state index is 12.2. The van der Waals surface area contributed by atoms with Crippen molar-refractivity contribution in [1.29, 1.82) is 0 Å². The predicted octanol–water partition coefficient (Wildman–Crippen LogP) is 2.75. The van der Waals surface area contributed by atoms with E-state index in [1.807, 2.05) is 13.1 Å². The van der Waals surface area contributed by atoms with E-state index in [4.69, 9.17) is 5.73 Å². The van der Waals surface area contributed by atoms with Crippen LogP contribution in [-0.2, 0) is 6.54 Å². The fourth-order valence-electron chi connectivity index (χ4n) is 1.60. The Labute approximate surface area is 103 Å². The molecule has 0 radical (unpaired) electrons. The van der Waals surface area contributed by atoms with E-state index < -0.39 is 6.61 Å². The summed E-state index contributed by atoms with van der Waals surface area (Å²) in [5.74, 6) is -0.0215. The number of anilines is 1. The molecule has 0 aliphatic carbocycles. The first kappa shape index (κ1) is 12.3. The lowest BCUT2D eigenvalue weighted by molar-refractivity contribution is -0.0492. The fourth-order valence-corrected chi connectivity index (χ4v) is 1.60. The van der Waals surface area contributed by atoms with Gasteiger partial charge in [0.1, 0.15) is 5.75 Å². The molecule has 1 aromatic heterocycles. The number of alkyl halides is 2. The normalized spacial score (nSPS) is 10.9. The number of nitrogen functional groups attached to an aromatic ring is 1. The van der Waals surface area contributed by atoms with E-state index in [0.29, 0.717) is 0 Å². The van der Waals surface area contributed by atoms with Gasteiger partial charge < -0.3 is 10.5 Å². The van der Waals surface area contributed by atoms with Gasteiger partial charge >= 0.3 is 6.61 Å². The molecule has 4 nitrogen and oxygen atoms in total. The van der Waals surface area contributed by atoms with Crippen LogP contribution < -0.4 is 10.5 Å². The quantitative estimate of drug-likeness (QED) is 0.852. The van der Waals surface area contributed by atoms with Crippen molar-refractivity contribution < 1.29 is 13.5 Å². The van der Waals surface area contributed by atoms with Gasteiger partial charge in [0.05, 0.1) is 11.9 Å². The molecule has 2 N–H and O–H groups in total. The third-order valence-electron chi connectivity index (χ3n) is 2.52.